The summed E-state index contributed by atoms with van der Waals surface area (Å²) >= 11 is 1.57. The van der Waals surface area contributed by atoms with Crippen LogP contribution < -0.4 is 15.4 Å². The second-order valence-corrected chi connectivity index (χ2v) is 8.03. The van der Waals surface area contributed by atoms with Crippen molar-refractivity contribution in [3.63, 3.8) is 0 Å². The Balaban J connectivity index is 1.36. The van der Waals surface area contributed by atoms with E-state index in [-0.39, 0.29) is 0 Å². The third-order valence-electron chi connectivity index (χ3n) is 5.14. The van der Waals surface area contributed by atoms with Crippen LogP contribution in [0.25, 0.3) is 11.3 Å². The van der Waals surface area contributed by atoms with Gasteiger partial charge in [0, 0.05) is 24.7 Å². The zero-order chi connectivity index (χ0) is 18.3. The number of nitrogens with one attached hydrogen (secondary N) is 2. The number of guanidine groups is 1. The van der Waals surface area contributed by atoms with E-state index in [0.29, 0.717) is 5.88 Å². The summed E-state index contributed by atoms with van der Waals surface area (Å²) in [6, 6.07) is 3.95. The Morgan fingerprint density at radius 1 is 1.26 bits per heavy atom. The molecule has 1 saturated carbocycles. The van der Waals surface area contributed by atoms with Crippen LogP contribution in [0.2, 0.25) is 0 Å². The summed E-state index contributed by atoms with van der Waals surface area (Å²) < 4.78 is 6.01. The summed E-state index contributed by atoms with van der Waals surface area (Å²) in [5.74, 6) is 2.38. The lowest BCUT2D eigenvalue weighted by molar-refractivity contribution is 0.284. The first-order valence-corrected chi connectivity index (χ1v) is 10.9. The summed E-state index contributed by atoms with van der Waals surface area (Å²) in [6.07, 6.45) is 10.8. The number of aromatic nitrogens is 2. The van der Waals surface area contributed by atoms with Crippen molar-refractivity contribution in [3.8, 4) is 17.1 Å². The van der Waals surface area contributed by atoms with Gasteiger partial charge < -0.3 is 15.4 Å². The molecular weight excluding hydrogens is 358 g/mol. The maximum atomic E-state index is 6.01. The molecule has 0 radical (unpaired) electrons. The van der Waals surface area contributed by atoms with E-state index < -0.39 is 0 Å². The van der Waals surface area contributed by atoms with Gasteiger partial charge in [-0.15, -0.1) is 11.3 Å². The first-order chi connectivity index (χ1) is 13.4. The van der Waals surface area contributed by atoms with Gasteiger partial charge in [0.25, 0.3) is 0 Å². The molecule has 27 heavy (non-hydrogen) atoms. The third-order valence-corrected chi connectivity index (χ3v) is 5.90. The van der Waals surface area contributed by atoms with Crippen LogP contribution >= 0.6 is 11.3 Å². The number of rotatable bonds is 7. The molecule has 2 aromatic heterocycles. The van der Waals surface area contributed by atoms with Crippen molar-refractivity contribution >= 4 is 22.4 Å². The van der Waals surface area contributed by atoms with Crippen LogP contribution in [0.5, 0.6) is 5.88 Å². The highest BCUT2D eigenvalue weighted by Gasteiger charge is 2.15. The van der Waals surface area contributed by atoms with E-state index in [0.717, 1.165) is 60.8 Å². The minimum absolute atomic E-state index is 0.675. The lowest BCUT2D eigenvalue weighted by atomic mass is 10.0. The Bertz CT molecular complexity index is 769. The number of hydrogen-bond acceptors (Lipinski definition) is 7. The third kappa shape index (κ3) is 4.97. The molecule has 0 spiro atoms. The highest BCUT2D eigenvalue weighted by Crippen LogP contribution is 2.31. The summed E-state index contributed by atoms with van der Waals surface area (Å²) in [5.41, 5.74) is 1.83. The Labute approximate surface area is 164 Å². The Morgan fingerprint density at radius 3 is 3.04 bits per heavy atom. The Hall–Kier alpha value is -2.15. The smallest absolute Gasteiger partial charge is 0.222 e. The van der Waals surface area contributed by atoms with E-state index >= 15 is 0 Å². The van der Waals surface area contributed by atoms with Crippen molar-refractivity contribution in [2.45, 2.75) is 44.9 Å². The van der Waals surface area contributed by atoms with E-state index in [1.165, 1.54) is 32.1 Å². The van der Waals surface area contributed by atoms with Crippen molar-refractivity contribution in [1.29, 1.82) is 0 Å². The molecule has 2 aromatic rings. The number of hydrogen-bond donors (Lipinski definition) is 2. The summed E-state index contributed by atoms with van der Waals surface area (Å²) in [5, 5.41) is 9.38. The van der Waals surface area contributed by atoms with Gasteiger partial charge in [-0.1, -0.05) is 25.7 Å². The molecule has 6 nitrogen and oxygen atoms in total. The fraction of sp³-hybridized carbons (Fsp3) is 0.550. The average molecular weight is 386 g/mol. The van der Waals surface area contributed by atoms with Gasteiger partial charge in [-0.2, -0.15) is 0 Å². The molecule has 0 unspecified atom stereocenters. The zero-order valence-corrected chi connectivity index (χ0v) is 16.4. The molecule has 2 N–H and O–H groups in total. The topological polar surface area (TPSA) is 71.4 Å². The van der Waals surface area contributed by atoms with Crippen molar-refractivity contribution in [2.75, 3.05) is 25.0 Å². The largest absolute Gasteiger partial charge is 0.477 e. The van der Waals surface area contributed by atoms with Crippen LogP contribution in [-0.2, 0) is 0 Å². The van der Waals surface area contributed by atoms with Crippen LogP contribution in [0.1, 0.15) is 44.9 Å². The van der Waals surface area contributed by atoms with Gasteiger partial charge in [0.1, 0.15) is 0 Å². The first-order valence-electron chi connectivity index (χ1n) is 9.97. The zero-order valence-electron chi connectivity index (χ0n) is 15.6. The second-order valence-electron chi connectivity index (χ2n) is 7.17. The number of pyridine rings is 1. The van der Waals surface area contributed by atoms with Crippen LogP contribution in [0.3, 0.4) is 0 Å². The lowest BCUT2D eigenvalue weighted by Crippen LogP contribution is -2.35. The van der Waals surface area contributed by atoms with Gasteiger partial charge in [-0.05, 0) is 37.3 Å². The average Bonchev–Trinajstić information content (AvgIpc) is 3.39. The molecule has 0 amide bonds. The second kappa shape index (κ2) is 9.17. The molecule has 7 heteroatoms. The molecule has 2 aliphatic rings. The fourth-order valence-corrected chi connectivity index (χ4v) is 4.42. The highest BCUT2D eigenvalue weighted by molar-refractivity contribution is 7.14. The van der Waals surface area contributed by atoms with Gasteiger partial charge in [-0.25, -0.2) is 9.97 Å². The van der Waals surface area contributed by atoms with Crippen molar-refractivity contribution in [1.82, 2.24) is 15.3 Å². The maximum Gasteiger partial charge on any atom is 0.222 e. The van der Waals surface area contributed by atoms with E-state index in [1.54, 1.807) is 17.5 Å². The van der Waals surface area contributed by atoms with Gasteiger partial charge in [0.2, 0.25) is 5.88 Å². The Kier molecular flexibility index (Phi) is 6.19. The lowest BCUT2D eigenvalue weighted by Gasteiger charge is -2.14. The van der Waals surface area contributed by atoms with Crippen molar-refractivity contribution in [2.24, 2.45) is 10.9 Å². The number of nitrogens with zero attached hydrogens (tertiary/aromatic N) is 3. The highest BCUT2D eigenvalue weighted by atomic mass is 32.1. The molecule has 0 saturated heterocycles. The van der Waals surface area contributed by atoms with Gasteiger partial charge in [0.15, 0.2) is 11.1 Å². The standard InChI is InChI=1S/C20H27N5OS/c1-2-7-15(6-1)8-4-13-26-18-16(9-3-10-21-18)17-14-27-20(24-17)25-19-22-11-5-12-23-19/h3,9-10,14-15H,1-2,4-8,11-13H2,(H2,22,23,24,25). The van der Waals surface area contributed by atoms with Crippen LogP contribution in [0, 0.1) is 5.92 Å². The predicted molar refractivity (Wildman–Crippen MR) is 111 cm³/mol. The molecule has 0 aromatic carbocycles. The molecule has 144 valence electrons. The van der Waals surface area contributed by atoms with Crippen LogP contribution in [0.4, 0.5) is 5.13 Å². The SMILES string of the molecule is c1cnc(OCCCC2CCCC2)c(-c2csc(NC3=NCCCN3)n2)c1. The molecule has 1 aliphatic heterocycles. The van der Waals surface area contributed by atoms with E-state index in [9.17, 15) is 0 Å². The number of aliphatic imine (C=N–C) groups is 1. The van der Waals surface area contributed by atoms with E-state index in [1.807, 2.05) is 17.5 Å². The van der Waals surface area contributed by atoms with E-state index in [4.69, 9.17) is 9.72 Å². The molecule has 1 aliphatic carbocycles. The molecular formula is C20H27N5OS. The van der Waals surface area contributed by atoms with Crippen LogP contribution in [0.15, 0.2) is 28.7 Å². The molecule has 0 bridgehead atoms. The van der Waals surface area contributed by atoms with Crippen molar-refractivity contribution in [3.05, 3.63) is 23.7 Å². The first kappa shape index (κ1) is 18.2. The summed E-state index contributed by atoms with van der Waals surface area (Å²) in [6.45, 7) is 2.52. The summed E-state index contributed by atoms with van der Waals surface area (Å²) in [4.78, 5) is 13.6. The predicted octanol–water partition coefficient (Wildman–Crippen LogP) is 4.32. The molecule has 1 fully saturated rings. The quantitative estimate of drug-likeness (QED) is 0.695. The van der Waals surface area contributed by atoms with Gasteiger partial charge in [0.05, 0.1) is 17.9 Å². The van der Waals surface area contributed by atoms with E-state index in [2.05, 4.69) is 20.6 Å². The van der Waals surface area contributed by atoms with Gasteiger partial charge in [-0.3, -0.25) is 4.99 Å². The van der Waals surface area contributed by atoms with Crippen molar-refractivity contribution < 1.29 is 4.74 Å². The maximum absolute atomic E-state index is 6.01. The Morgan fingerprint density at radius 2 is 2.19 bits per heavy atom. The molecule has 4 rings (SSSR count). The minimum Gasteiger partial charge on any atom is -0.477 e. The normalized spacial score (nSPS) is 17.4. The monoisotopic (exact) mass is 385 g/mol. The number of anilines is 1. The molecule has 3 heterocycles. The van der Waals surface area contributed by atoms with Gasteiger partial charge >= 0.3 is 0 Å². The number of ether oxygens (including phenoxy) is 1. The number of thiazole rings is 1. The fourth-order valence-electron chi connectivity index (χ4n) is 3.71. The summed E-state index contributed by atoms with van der Waals surface area (Å²) in [7, 11) is 0. The molecule has 0 atom stereocenters. The van der Waals surface area contributed by atoms with Crippen LogP contribution in [-0.4, -0.2) is 35.6 Å². The minimum atomic E-state index is 0.675.